The zero-order valence-corrected chi connectivity index (χ0v) is 48.8. The van der Waals surface area contributed by atoms with Crippen LogP contribution >= 0.6 is 0 Å². The number of pyridine rings is 3. The van der Waals surface area contributed by atoms with Gasteiger partial charge in [-0.2, -0.15) is 0 Å². The summed E-state index contributed by atoms with van der Waals surface area (Å²) < 4.78 is 0. The molecule has 0 saturated heterocycles. The van der Waals surface area contributed by atoms with Gasteiger partial charge in [-0.3, -0.25) is 0 Å². The van der Waals surface area contributed by atoms with Crippen molar-refractivity contribution in [3.63, 3.8) is 0 Å². The van der Waals surface area contributed by atoms with Crippen molar-refractivity contribution in [2.75, 3.05) is 0 Å². The van der Waals surface area contributed by atoms with Crippen LogP contribution in [-0.4, -0.2) is 15.0 Å². The van der Waals surface area contributed by atoms with Gasteiger partial charge < -0.3 is 15.0 Å². The fourth-order valence-electron chi connectivity index (χ4n) is 11.9. The summed E-state index contributed by atoms with van der Waals surface area (Å²) in [7, 11) is 0. The molecule has 80 heavy (non-hydrogen) atoms. The fraction of sp³-hybridized carbons (Fsp3) is 0.171. The molecule has 3 aromatic heterocycles. The van der Waals surface area contributed by atoms with Crippen LogP contribution in [0.1, 0.15) is 74.9 Å². The molecule has 0 radical (unpaired) electrons. The first kappa shape index (κ1) is 53.8. The molecule has 1 aliphatic carbocycles. The molecule has 8 aromatic carbocycles. The summed E-state index contributed by atoms with van der Waals surface area (Å²) in [4.78, 5) is 14.1. The number of aromatic nitrogens is 3. The molecule has 0 N–H and O–H groups in total. The zero-order valence-electron chi connectivity index (χ0n) is 46.4. The van der Waals surface area contributed by atoms with Crippen LogP contribution in [0.25, 0.3) is 89.4 Å². The minimum atomic E-state index is 0. The van der Waals surface area contributed by atoms with Gasteiger partial charge in [0.05, 0.1) is 0 Å². The molecule has 0 amide bonds. The van der Waals surface area contributed by atoms with Crippen LogP contribution in [0.5, 0.6) is 0 Å². The Morgan fingerprint density at radius 1 is 0.312 bits per heavy atom. The summed E-state index contributed by atoms with van der Waals surface area (Å²) in [5.41, 5.74) is 25.7. The first-order valence-corrected chi connectivity index (χ1v) is 27.8. The Balaban J connectivity index is 0.00000675. The van der Waals surface area contributed by atoms with Crippen molar-refractivity contribution in [1.29, 1.82) is 0 Å². The molecule has 0 bridgehead atoms. The van der Waals surface area contributed by atoms with Crippen LogP contribution in [0.15, 0.2) is 231 Å². The molecule has 1 aliphatic rings. The zero-order chi connectivity index (χ0) is 54.1. The molecule has 0 fully saturated rings. The predicted octanol–water partition coefficient (Wildman–Crippen LogP) is 18.8. The van der Waals surface area contributed by atoms with Crippen LogP contribution in [0.3, 0.4) is 0 Å². The molecular weight excluding hydrogens is 1150 g/mol. The van der Waals surface area contributed by atoms with Crippen molar-refractivity contribution < 1.29 is 20.1 Å². The molecule has 3 heterocycles. The van der Waals surface area contributed by atoms with Crippen LogP contribution in [0, 0.1) is 23.6 Å². The summed E-state index contributed by atoms with van der Waals surface area (Å²) >= 11 is 0. The normalized spacial score (nSPS) is 13.8. The van der Waals surface area contributed by atoms with Gasteiger partial charge in [0.15, 0.2) is 0 Å². The number of fused-ring (bicyclic) bond motifs is 1. The third-order valence-electron chi connectivity index (χ3n) is 17.7. The van der Waals surface area contributed by atoms with E-state index >= 15 is 0 Å². The van der Waals surface area contributed by atoms with Gasteiger partial charge in [-0.05, 0) is 126 Å². The van der Waals surface area contributed by atoms with Crippen molar-refractivity contribution in [3.8, 4) is 89.4 Å². The van der Waals surface area contributed by atoms with Crippen LogP contribution in [-0.2, 0) is 56.6 Å². The van der Waals surface area contributed by atoms with Gasteiger partial charge in [-0.1, -0.05) is 217 Å². The van der Waals surface area contributed by atoms with E-state index in [1.54, 1.807) is 0 Å². The molecule has 11 aromatic rings. The molecule has 0 unspecified atom stereocenters. The van der Waals surface area contributed by atoms with Gasteiger partial charge in [0.2, 0.25) is 0 Å². The van der Waals surface area contributed by atoms with Crippen molar-refractivity contribution >= 4 is 0 Å². The van der Waals surface area contributed by atoms with Gasteiger partial charge in [0.1, 0.15) is 0 Å². The summed E-state index contributed by atoms with van der Waals surface area (Å²) in [6.07, 6.45) is 9.18. The number of hydrogen-bond donors (Lipinski definition) is 0. The third kappa shape index (κ3) is 10.6. The van der Waals surface area contributed by atoms with Crippen molar-refractivity contribution in [3.05, 3.63) is 282 Å². The number of hydrogen-bond acceptors (Lipinski definition) is 3. The van der Waals surface area contributed by atoms with E-state index in [4.69, 9.17) is 4.98 Å². The van der Waals surface area contributed by atoms with E-state index < -0.39 is 0 Å². The number of aryl methyl sites for hydroxylation is 4. The minimum Gasteiger partial charge on any atom is -0.305 e. The van der Waals surface area contributed by atoms with Gasteiger partial charge in [0, 0.05) is 18.6 Å². The molecule has 0 atom stereocenters. The second-order valence-electron chi connectivity index (χ2n) is 22.9. The Bertz CT molecular complexity index is 3830. The average molecular weight is 1210 g/mol. The van der Waals surface area contributed by atoms with Crippen LogP contribution in [0.4, 0.5) is 0 Å². The second kappa shape index (κ2) is 22.5. The van der Waals surface area contributed by atoms with Crippen molar-refractivity contribution in [1.82, 2.24) is 15.0 Å². The van der Waals surface area contributed by atoms with Crippen molar-refractivity contribution in [2.45, 2.75) is 78.1 Å². The third-order valence-corrected chi connectivity index (χ3v) is 17.7. The minimum absolute atomic E-state index is 0. The first-order valence-electron chi connectivity index (χ1n) is 27.8. The predicted molar refractivity (Wildman–Crippen MR) is 327 cm³/mol. The van der Waals surface area contributed by atoms with E-state index in [-0.39, 0.29) is 36.4 Å². The molecular formula is C76H64IrN3. The van der Waals surface area contributed by atoms with Gasteiger partial charge >= 0.3 is 20.1 Å². The Labute approximate surface area is 487 Å². The summed E-state index contributed by atoms with van der Waals surface area (Å²) in [6.45, 7) is 14.5. The van der Waals surface area contributed by atoms with E-state index in [0.29, 0.717) is 0 Å². The van der Waals surface area contributed by atoms with Crippen molar-refractivity contribution in [2.24, 2.45) is 5.41 Å². The number of benzene rings is 8. The molecule has 0 saturated carbocycles. The fourth-order valence-corrected chi connectivity index (χ4v) is 11.9. The SMILES string of the molecule is CC1(C)c2ccc(-c3ccc(-c4ccnc(-c5[c-]cc(-c6ccccc6-c6cc(CCc7c[c-]c(-c8ccccn8)cc7)cc(CCc7c[c-]c(-c8ccccn8)cc7)c6)c(-c6ccccc6)c5)c4)cc3)cc2C(C)(C)C1(C)C.[Ir+3]. The van der Waals surface area contributed by atoms with Gasteiger partial charge in [-0.15, -0.1) is 94.5 Å². The maximum absolute atomic E-state index is 4.97. The maximum Gasteiger partial charge on any atom is 3.00 e. The first-order chi connectivity index (χ1) is 38.4. The van der Waals surface area contributed by atoms with Gasteiger partial charge in [-0.25, -0.2) is 0 Å². The van der Waals surface area contributed by atoms with E-state index in [1.165, 1.54) is 55.6 Å². The van der Waals surface area contributed by atoms with E-state index in [2.05, 4.69) is 246 Å². The molecule has 3 nitrogen and oxygen atoms in total. The average Bonchev–Trinajstić information content (AvgIpc) is 3.66. The largest absolute Gasteiger partial charge is 3.00 e. The summed E-state index contributed by atoms with van der Waals surface area (Å²) in [5, 5.41) is 0. The van der Waals surface area contributed by atoms with E-state index in [9.17, 15) is 0 Å². The molecule has 0 spiro atoms. The quantitative estimate of drug-likeness (QED) is 0.102. The Hall–Kier alpha value is -8.14. The number of nitrogens with zero attached hydrogens (tertiary/aromatic N) is 3. The monoisotopic (exact) mass is 1210 g/mol. The standard InChI is InChI=1S/C76H64N3.Ir/c1-74(2)69-41-39-61(50-70(69)75(3,4)76(74,5)6)56-34-36-57(37-35-56)62-42-45-79-73(51-62)63-38-40-67(68(49-63)58-16-8-7-9-17-58)66-19-11-10-18-65(66)64-47-54(24-22-52-26-30-59(31-27-52)71-20-12-14-43-77-71)46-55(48-64)25-23-53-28-32-60(33-29-53)72-21-13-15-44-78-72;/h7-21,26-30,32,34-37,39-51H,22-25H2,1-6H3;/q-3;+3. The summed E-state index contributed by atoms with van der Waals surface area (Å²) in [5.74, 6) is 0. The second-order valence-corrected chi connectivity index (χ2v) is 22.9. The topological polar surface area (TPSA) is 38.7 Å². The molecule has 0 aliphatic heterocycles. The van der Waals surface area contributed by atoms with Crippen LogP contribution < -0.4 is 0 Å². The Kier molecular flexibility index (Phi) is 15.2. The smallest absolute Gasteiger partial charge is 0.305 e. The Morgan fingerprint density at radius 2 is 0.825 bits per heavy atom. The van der Waals surface area contributed by atoms with Crippen LogP contribution in [0.2, 0.25) is 0 Å². The number of rotatable bonds is 14. The molecule has 392 valence electrons. The summed E-state index contributed by atoms with van der Waals surface area (Å²) in [6, 6.07) is 87.5. The molecule has 12 rings (SSSR count). The Morgan fingerprint density at radius 3 is 1.40 bits per heavy atom. The van der Waals surface area contributed by atoms with Gasteiger partial charge in [0.25, 0.3) is 0 Å². The maximum atomic E-state index is 4.97. The molecule has 4 heteroatoms. The van der Waals surface area contributed by atoms with E-state index in [0.717, 1.165) is 92.8 Å². The van der Waals surface area contributed by atoms with E-state index in [1.807, 2.05) is 55.0 Å².